The monoisotopic (exact) mass is 237 g/mol. The van der Waals surface area contributed by atoms with E-state index in [4.69, 9.17) is 9.52 Å². The highest BCUT2D eigenvalue weighted by Gasteiger charge is 2.08. The summed E-state index contributed by atoms with van der Waals surface area (Å²) < 4.78 is 5.61. The van der Waals surface area contributed by atoms with Crippen molar-refractivity contribution in [3.63, 3.8) is 0 Å². The van der Waals surface area contributed by atoms with E-state index >= 15 is 0 Å². The van der Waals surface area contributed by atoms with Crippen molar-refractivity contribution in [1.82, 2.24) is 4.90 Å². The Morgan fingerprint density at radius 3 is 2.59 bits per heavy atom. The summed E-state index contributed by atoms with van der Waals surface area (Å²) in [4.78, 5) is 12.8. The van der Waals surface area contributed by atoms with Gasteiger partial charge in [0.1, 0.15) is 11.5 Å². The van der Waals surface area contributed by atoms with Crippen molar-refractivity contribution in [1.29, 1.82) is 0 Å². The Morgan fingerprint density at radius 2 is 2.06 bits per heavy atom. The number of carboxylic acid groups (broad SMARTS) is 1. The van der Waals surface area contributed by atoms with E-state index in [2.05, 4.69) is 18.7 Å². The van der Waals surface area contributed by atoms with Crippen LogP contribution in [0.2, 0.25) is 0 Å². The summed E-state index contributed by atoms with van der Waals surface area (Å²) >= 11 is 0. The maximum absolute atomic E-state index is 10.5. The Bertz CT molecular complexity index is 403. The van der Waals surface area contributed by atoms with Gasteiger partial charge in [-0.25, -0.2) is 4.79 Å². The van der Waals surface area contributed by atoms with Gasteiger partial charge in [0, 0.05) is 6.08 Å². The lowest BCUT2D eigenvalue weighted by Gasteiger charge is -2.15. The van der Waals surface area contributed by atoms with E-state index in [1.165, 1.54) is 0 Å². The molecule has 0 amide bonds. The number of carboxylic acids is 1. The lowest BCUT2D eigenvalue weighted by Crippen LogP contribution is -2.21. The van der Waals surface area contributed by atoms with E-state index in [9.17, 15) is 4.79 Å². The number of hydrogen-bond acceptors (Lipinski definition) is 3. The second-order valence-electron chi connectivity index (χ2n) is 3.89. The summed E-state index contributed by atoms with van der Waals surface area (Å²) in [7, 11) is 0. The lowest BCUT2D eigenvalue weighted by atomic mass is 10.2. The first-order chi connectivity index (χ1) is 8.06. The van der Waals surface area contributed by atoms with E-state index in [1.54, 1.807) is 6.92 Å². The maximum atomic E-state index is 10.5. The van der Waals surface area contributed by atoms with Gasteiger partial charge in [0.2, 0.25) is 0 Å². The fourth-order valence-electron chi connectivity index (χ4n) is 1.60. The predicted molar refractivity (Wildman–Crippen MR) is 66.6 cm³/mol. The molecule has 0 aromatic carbocycles. The summed E-state index contributed by atoms with van der Waals surface area (Å²) in [6.07, 6.45) is 1.15. The van der Waals surface area contributed by atoms with Crippen LogP contribution in [0.3, 0.4) is 0 Å². The number of furan rings is 1. The van der Waals surface area contributed by atoms with Crippen molar-refractivity contribution >= 4 is 11.5 Å². The van der Waals surface area contributed by atoms with Crippen molar-refractivity contribution in [3.05, 3.63) is 29.7 Å². The molecule has 1 heterocycles. The minimum absolute atomic E-state index is 0.620. The molecule has 1 rings (SSSR count). The van der Waals surface area contributed by atoms with E-state index in [0.717, 1.165) is 31.5 Å². The molecule has 1 N–H and O–H groups in total. The van der Waals surface area contributed by atoms with Crippen LogP contribution >= 0.6 is 0 Å². The van der Waals surface area contributed by atoms with Gasteiger partial charge in [-0.15, -0.1) is 0 Å². The Kier molecular flexibility index (Phi) is 4.97. The van der Waals surface area contributed by atoms with Gasteiger partial charge in [-0.05, 0) is 37.7 Å². The quantitative estimate of drug-likeness (QED) is 0.773. The molecular weight excluding hydrogens is 218 g/mol. The number of carbonyl (C=O) groups is 1. The zero-order chi connectivity index (χ0) is 12.8. The third-order valence-electron chi connectivity index (χ3n) is 2.66. The van der Waals surface area contributed by atoms with Gasteiger partial charge in [-0.1, -0.05) is 13.8 Å². The first-order valence-corrected chi connectivity index (χ1v) is 5.79. The van der Waals surface area contributed by atoms with Crippen LogP contribution in [-0.2, 0) is 11.3 Å². The molecule has 1 aromatic rings. The normalized spacial score (nSPS) is 12.1. The molecule has 1 aromatic heterocycles. The average molecular weight is 237 g/mol. The molecule has 0 aliphatic heterocycles. The van der Waals surface area contributed by atoms with Crippen LogP contribution in [0, 0.1) is 0 Å². The molecule has 0 bridgehead atoms. The Morgan fingerprint density at radius 1 is 1.41 bits per heavy atom. The van der Waals surface area contributed by atoms with Crippen LogP contribution in [0.15, 0.2) is 22.6 Å². The molecule has 0 spiro atoms. The van der Waals surface area contributed by atoms with Gasteiger partial charge in [-0.2, -0.15) is 0 Å². The van der Waals surface area contributed by atoms with Crippen molar-refractivity contribution in [3.8, 4) is 0 Å². The smallest absolute Gasteiger partial charge is 0.328 e. The molecule has 0 fully saturated rings. The second-order valence-corrected chi connectivity index (χ2v) is 3.89. The third kappa shape index (κ3) is 4.07. The molecule has 0 unspecified atom stereocenters. The summed E-state index contributed by atoms with van der Waals surface area (Å²) in [6.45, 7) is 8.63. The highest BCUT2D eigenvalue weighted by molar-refractivity contribution is 5.88. The number of nitrogens with zero attached hydrogens (tertiary/aromatic N) is 1. The minimum Gasteiger partial charge on any atom is -0.478 e. The molecule has 4 nitrogen and oxygen atoms in total. The van der Waals surface area contributed by atoms with E-state index in [1.807, 2.05) is 12.1 Å². The summed E-state index contributed by atoms with van der Waals surface area (Å²) in [5.74, 6) is 0.528. The van der Waals surface area contributed by atoms with Crippen LogP contribution in [0.25, 0.3) is 5.57 Å². The Labute approximate surface area is 102 Å². The van der Waals surface area contributed by atoms with Gasteiger partial charge >= 0.3 is 5.97 Å². The number of allylic oxidation sites excluding steroid dienone is 1. The topological polar surface area (TPSA) is 53.7 Å². The number of hydrogen-bond donors (Lipinski definition) is 1. The molecular formula is C13H19NO3. The highest BCUT2D eigenvalue weighted by Crippen LogP contribution is 2.18. The standard InChI is InChI=1S/C13H19NO3/c1-4-14(5-2)9-11-6-7-12(17-11)10(3)8-13(15)16/h6-8H,4-5,9H2,1-3H3,(H,15,16)/b10-8+. The third-order valence-corrected chi connectivity index (χ3v) is 2.66. The number of aliphatic carboxylic acids is 1. The molecule has 0 saturated heterocycles. The Balaban J connectivity index is 2.74. The fourth-order valence-corrected chi connectivity index (χ4v) is 1.60. The van der Waals surface area contributed by atoms with Gasteiger partial charge < -0.3 is 9.52 Å². The van der Waals surface area contributed by atoms with Crippen LogP contribution < -0.4 is 0 Å². The zero-order valence-electron chi connectivity index (χ0n) is 10.6. The van der Waals surface area contributed by atoms with Crippen LogP contribution in [0.4, 0.5) is 0 Å². The van der Waals surface area contributed by atoms with Crippen LogP contribution in [-0.4, -0.2) is 29.1 Å². The van der Waals surface area contributed by atoms with Crippen molar-refractivity contribution < 1.29 is 14.3 Å². The molecule has 94 valence electrons. The lowest BCUT2D eigenvalue weighted by molar-refractivity contribution is -0.131. The van der Waals surface area contributed by atoms with E-state index in [0.29, 0.717) is 11.3 Å². The zero-order valence-corrected chi connectivity index (χ0v) is 10.6. The molecule has 17 heavy (non-hydrogen) atoms. The van der Waals surface area contributed by atoms with Gasteiger partial charge in [-0.3, -0.25) is 4.90 Å². The van der Waals surface area contributed by atoms with E-state index in [-0.39, 0.29) is 0 Å². The molecule has 0 atom stereocenters. The maximum Gasteiger partial charge on any atom is 0.328 e. The first kappa shape index (κ1) is 13.5. The van der Waals surface area contributed by atoms with Crippen molar-refractivity contribution in [2.45, 2.75) is 27.3 Å². The summed E-state index contributed by atoms with van der Waals surface area (Å²) in [5, 5.41) is 8.65. The summed E-state index contributed by atoms with van der Waals surface area (Å²) in [6, 6.07) is 3.71. The molecule has 0 aliphatic carbocycles. The van der Waals surface area contributed by atoms with Crippen LogP contribution in [0.5, 0.6) is 0 Å². The highest BCUT2D eigenvalue weighted by atomic mass is 16.4. The molecule has 4 heteroatoms. The number of rotatable bonds is 6. The van der Waals surface area contributed by atoms with Gasteiger partial charge in [0.25, 0.3) is 0 Å². The summed E-state index contributed by atoms with van der Waals surface area (Å²) in [5.41, 5.74) is 0.628. The van der Waals surface area contributed by atoms with E-state index < -0.39 is 5.97 Å². The predicted octanol–water partition coefficient (Wildman–Crippen LogP) is 2.61. The largest absolute Gasteiger partial charge is 0.478 e. The van der Waals surface area contributed by atoms with Crippen LogP contribution in [0.1, 0.15) is 32.3 Å². The average Bonchev–Trinajstić information content (AvgIpc) is 2.73. The molecule has 0 radical (unpaired) electrons. The first-order valence-electron chi connectivity index (χ1n) is 5.79. The SMILES string of the molecule is CCN(CC)Cc1ccc(/C(C)=C/C(=O)O)o1. The molecule has 0 saturated carbocycles. The van der Waals surface area contributed by atoms with Crippen molar-refractivity contribution in [2.75, 3.05) is 13.1 Å². The molecule has 0 aliphatic rings. The Hall–Kier alpha value is -1.55. The van der Waals surface area contributed by atoms with Crippen molar-refractivity contribution in [2.24, 2.45) is 0 Å². The second kappa shape index (κ2) is 6.25. The fraction of sp³-hybridized carbons (Fsp3) is 0.462. The van der Waals surface area contributed by atoms with Gasteiger partial charge in [0.05, 0.1) is 6.54 Å². The minimum atomic E-state index is -0.954. The van der Waals surface area contributed by atoms with Gasteiger partial charge in [0.15, 0.2) is 0 Å².